The maximum atomic E-state index is 4.75. The Labute approximate surface area is 243 Å². The summed E-state index contributed by atoms with van der Waals surface area (Å²) in [4.78, 5) is 4.75. The van der Waals surface area contributed by atoms with Crippen LogP contribution in [0.15, 0.2) is 140 Å². The van der Waals surface area contributed by atoms with Gasteiger partial charge in [-0.15, -0.1) is 0 Å². The van der Waals surface area contributed by atoms with Crippen LogP contribution in [0.2, 0.25) is 0 Å². The van der Waals surface area contributed by atoms with E-state index in [0.29, 0.717) is 0 Å². The first-order chi connectivity index (χ1) is 20.8. The Bertz CT molecular complexity index is 2300. The fourth-order valence-electron chi connectivity index (χ4n) is 6.76. The zero-order valence-electron chi connectivity index (χ0n) is 22.8. The van der Waals surface area contributed by atoms with Crippen molar-refractivity contribution in [2.45, 2.75) is 6.54 Å². The van der Waals surface area contributed by atoms with Crippen molar-refractivity contribution in [2.75, 3.05) is 5.01 Å². The minimum Gasteiger partial charge on any atom is -0.308 e. The zero-order chi connectivity index (χ0) is 27.6. The topological polar surface area (TPSA) is 33.1 Å². The van der Waals surface area contributed by atoms with Crippen LogP contribution in [0.3, 0.4) is 0 Å². The molecule has 8 aromatic rings. The SMILES string of the molecule is c1ccc(N2NCc3cc4c5c6c(ccc7ccccc76)ccc5n(-c5ccccc5-c5ccccn5)c4cc32)cc1. The molecule has 9 rings (SSSR count). The van der Waals surface area contributed by atoms with Crippen LogP contribution >= 0.6 is 0 Å². The van der Waals surface area contributed by atoms with Gasteiger partial charge in [0.15, 0.2) is 0 Å². The van der Waals surface area contributed by atoms with Crippen LogP contribution in [0, 0.1) is 0 Å². The molecule has 6 aromatic carbocycles. The van der Waals surface area contributed by atoms with Crippen molar-refractivity contribution in [3.63, 3.8) is 0 Å². The summed E-state index contributed by atoms with van der Waals surface area (Å²) in [5.41, 5.74) is 12.8. The van der Waals surface area contributed by atoms with E-state index < -0.39 is 0 Å². The van der Waals surface area contributed by atoms with Gasteiger partial charge in [-0.25, -0.2) is 5.43 Å². The summed E-state index contributed by atoms with van der Waals surface area (Å²) in [6, 6.07) is 47.8. The lowest BCUT2D eigenvalue weighted by atomic mass is 9.97. The highest BCUT2D eigenvalue weighted by Crippen LogP contribution is 2.44. The number of fused-ring (bicyclic) bond motifs is 8. The van der Waals surface area contributed by atoms with E-state index in [9.17, 15) is 0 Å². The lowest BCUT2D eigenvalue weighted by molar-refractivity contribution is 0.766. The van der Waals surface area contributed by atoms with Crippen LogP contribution in [-0.2, 0) is 6.54 Å². The number of rotatable bonds is 3. The molecule has 0 spiro atoms. The largest absolute Gasteiger partial charge is 0.308 e. The predicted octanol–water partition coefficient (Wildman–Crippen LogP) is 9.31. The molecule has 0 unspecified atom stereocenters. The zero-order valence-corrected chi connectivity index (χ0v) is 22.8. The summed E-state index contributed by atoms with van der Waals surface area (Å²) in [6.45, 7) is 0.781. The molecule has 2 aromatic heterocycles. The Hall–Kier alpha value is -5.45. The highest BCUT2D eigenvalue weighted by molar-refractivity contribution is 6.28. The fourth-order valence-corrected chi connectivity index (χ4v) is 6.76. The van der Waals surface area contributed by atoms with Gasteiger partial charge >= 0.3 is 0 Å². The highest BCUT2D eigenvalue weighted by Gasteiger charge is 2.25. The van der Waals surface area contributed by atoms with Crippen molar-refractivity contribution in [3.05, 3.63) is 145 Å². The van der Waals surface area contributed by atoms with Gasteiger partial charge in [0, 0.05) is 29.1 Å². The van der Waals surface area contributed by atoms with Crippen molar-refractivity contribution >= 4 is 54.7 Å². The van der Waals surface area contributed by atoms with E-state index >= 15 is 0 Å². The summed E-state index contributed by atoms with van der Waals surface area (Å²) in [5.74, 6) is 0. The van der Waals surface area contributed by atoms with Crippen molar-refractivity contribution in [1.29, 1.82) is 0 Å². The molecule has 0 atom stereocenters. The monoisotopic (exact) mass is 538 g/mol. The Morgan fingerprint density at radius 1 is 0.571 bits per heavy atom. The lowest BCUT2D eigenvalue weighted by Gasteiger charge is -2.20. The van der Waals surface area contributed by atoms with E-state index in [1.165, 1.54) is 54.6 Å². The number of para-hydroxylation sites is 2. The molecule has 1 N–H and O–H groups in total. The standard InChI is InChI=1S/C38H26N4/c1-2-11-28(12-3-1)42-35-23-36-31(22-27(35)24-40-42)38-34(20-19-26-18-17-25-10-4-5-13-29(25)37(26)38)41(36)33-16-7-6-14-30(33)32-15-8-9-21-39-32/h1-23,40H,24H2. The molecular weight excluding hydrogens is 512 g/mol. The maximum absolute atomic E-state index is 4.75. The molecule has 0 aliphatic carbocycles. The van der Waals surface area contributed by atoms with Crippen molar-refractivity contribution < 1.29 is 0 Å². The molecule has 0 saturated carbocycles. The Morgan fingerprint density at radius 2 is 1.36 bits per heavy atom. The molecule has 3 heterocycles. The van der Waals surface area contributed by atoms with Crippen LogP contribution in [0.25, 0.3) is 60.3 Å². The number of nitrogens with zero attached hydrogens (tertiary/aromatic N) is 3. The molecule has 1 aliphatic rings. The third kappa shape index (κ3) is 3.36. The van der Waals surface area contributed by atoms with E-state index in [2.05, 4.69) is 142 Å². The predicted molar refractivity (Wildman–Crippen MR) is 174 cm³/mol. The van der Waals surface area contributed by atoms with Crippen LogP contribution in [0.1, 0.15) is 5.56 Å². The molecule has 0 saturated heterocycles. The van der Waals surface area contributed by atoms with Gasteiger partial charge in [0.1, 0.15) is 0 Å². The summed E-state index contributed by atoms with van der Waals surface area (Å²) in [6.07, 6.45) is 1.87. The second kappa shape index (κ2) is 9.03. The maximum Gasteiger partial charge on any atom is 0.0723 e. The average molecular weight is 539 g/mol. The first kappa shape index (κ1) is 23.3. The molecule has 42 heavy (non-hydrogen) atoms. The molecular formula is C38H26N4. The first-order valence-corrected chi connectivity index (χ1v) is 14.4. The number of nitrogens with one attached hydrogen (secondary N) is 1. The van der Waals surface area contributed by atoms with E-state index in [1.54, 1.807) is 0 Å². The number of anilines is 2. The van der Waals surface area contributed by atoms with E-state index in [-0.39, 0.29) is 0 Å². The van der Waals surface area contributed by atoms with E-state index in [1.807, 2.05) is 12.3 Å². The van der Waals surface area contributed by atoms with Crippen LogP contribution in [0.4, 0.5) is 11.4 Å². The smallest absolute Gasteiger partial charge is 0.0723 e. The minimum absolute atomic E-state index is 0.781. The van der Waals surface area contributed by atoms with Crippen LogP contribution < -0.4 is 10.4 Å². The van der Waals surface area contributed by atoms with E-state index in [0.717, 1.165) is 29.2 Å². The number of benzene rings is 6. The lowest BCUT2D eigenvalue weighted by Crippen LogP contribution is -2.26. The molecule has 198 valence electrons. The Balaban J connectivity index is 1.45. The number of aromatic nitrogens is 2. The van der Waals surface area contributed by atoms with Gasteiger partial charge < -0.3 is 4.57 Å². The first-order valence-electron chi connectivity index (χ1n) is 14.4. The molecule has 0 radical (unpaired) electrons. The average Bonchev–Trinajstić information content (AvgIpc) is 3.62. The van der Waals surface area contributed by atoms with Gasteiger partial charge in [0.25, 0.3) is 0 Å². The number of pyridine rings is 1. The van der Waals surface area contributed by atoms with Gasteiger partial charge in [0.2, 0.25) is 0 Å². The number of hydrazine groups is 1. The normalized spacial score (nSPS) is 13.0. The second-order valence-corrected chi connectivity index (χ2v) is 10.9. The van der Waals surface area contributed by atoms with Gasteiger partial charge in [-0.05, 0) is 75.6 Å². The molecule has 0 bridgehead atoms. The van der Waals surface area contributed by atoms with Gasteiger partial charge in [0.05, 0.1) is 33.8 Å². The van der Waals surface area contributed by atoms with Gasteiger partial charge in [-0.3, -0.25) is 9.99 Å². The third-order valence-corrected chi connectivity index (χ3v) is 8.60. The van der Waals surface area contributed by atoms with Gasteiger partial charge in [-0.1, -0.05) is 84.9 Å². The molecule has 4 heteroatoms. The highest BCUT2D eigenvalue weighted by atomic mass is 15.5. The summed E-state index contributed by atoms with van der Waals surface area (Å²) in [5, 5.41) is 9.86. The molecule has 0 amide bonds. The van der Waals surface area contributed by atoms with Gasteiger partial charge in [-0.2, -0.15) is 0 Å². The summed E-state index contributed by atoms with van der Waals surface area (Å²) in [7, 11) is 0. The fraction of sp³-hybridized carbons (Fsp3) is 0.0263. The Morgan fingerprint density at radius 3 is 2.26 bits per heavy atom. The van der Waals surface area contributed by atoms with Crippen molar-refractivity contribution in [3.8, 4) is 16.9 Å². The van der Waals surface area contributed by atoms with Crippen LogP contribution in [0.5, 0.6) is 0 Å². The molecule has 4 nitrogen and oxygen atoms in total. The van der Waals surface area contributed by atoms with Crippen LogP contribution in [-0.4, -0.2) is 9.55 Å². The second-order valence-electron chi connectivity index (χ2n) is 10.9. The Kier molecular flexibility index (Phi) is 5.00. The quantitative estimate of drug-likeness (QED) is 0.228. The van der Waals surface area contributed by atoms with E-state index in [4.69, 9.17) is 4.98 Å². The number of hydrogen-bond acceptors (Lipinski definition) is 3. The number of hydrogen-bond donors (Lipinski definition) is 1. The molecule has 1 aliphatic heterocycles. The summed E-state index contributed by atoms with van der Waals surface area (Å²) >= 11 is 0. The van der Waals surface area contributed by atoms with Crippen molar-refractivity contribution in [2.24, 2.45) is 0 Å². The molecule has 0 fully saturated rings. The third-order valence-electron chi connectivity index (χ3n) is 8.60. The minimum atomic E-state index is 0.781. The van der Waals surface area contributed by atoms with Crippen molar-refractivity contribution in [1.82, 2.24) is 15.0 Å². The summed E-state index contributed by atoms with van der Waals surface area (Å²) < 4.78 is 2.44.